The molecule has 2 N–H and O–H groups in total. The number of nitrogens with zero attached hydrogens (tertiary/aromatic N) is 4. The van der Waals surface area contributed by atoms with Crippen LogP contribution in [-0.2, 0) is 0 Å². The highest BCUT2D eigenvalue weighted by Crippen LogP contribution is 2.31. The fourth-order valence-electron chi connectivity index (χ4n) is 2.50. The van der Waals surface area contributed by atoms with Crippen LogP contribution in [0.4, 0.5) is 33.5 Å². The number of ether oxygens (including phenoxy) is 2. The van der Waals surface area contributed by atoms with Crippen LogP contribution < -0.4 is 20.2 Å². The third-order valence-electron chi connectivity index (χ3n) is 3.90. The van der Waals surface area contributed by atoms with Crippen LogP contribution in [0.25, 0.3) is 0 Å². The van der Waals surface area contributed by atoms with Gasteiger partial charge in [-0.15, -0.1) is 0 Å². The first-order chi connectivity index (χ1) is 14.3. The van der Waals surface area contributed by atoms with Crippen molar-refractivity contribution >= 4 is 23.4 Å². The van der Waals surface area contributed by atoms with Crippen molar-refractivity contribution in [3.8, 4) is 11.6 Å². The molecule has 7 nitrogen and oxygen atoms in total. The minimum atomic E-state index is -3.18. The Morgan fingerprint density at radius 1 is 1.27 bits per heavy atom. The fourth-order valence-corrected chi connectivity index (χ4v) is 2.50. The van der Waals surface area contributed by atoms with Gasteiger partial charge < -0.3 is 20.2 Å². The summed E-state index contributed by atoms with van der Waals surface area (Å²) in [5.74, 6) is 1.44. The van der Waals surface area contributed by atoms with E-state index in [-0.39, 0.29) is 23.9 Å². The molecule has 160 valence electrons. The molecule has 1 aliphatic rings. The van der Waals surface area contributed by atoms with Crippen molar-refractivity contribution < 1.29 is 31.4 Å². The Morgan fingerprint density at radius 3 is 2.70 bits per heavy atom. The summed E-state index contributed by atoms with van der Waals surface area (Å²) in [5.41, 5.74) is 0.269. The Balaban J connectivity index is 1.60. The maximum Gasteiger partial charge on any atom is 0.387 e. The molecule has 1 saturated heterocycles. The van der Waals surface area contributed by atoms with E-state index in [1.807, 2.05) is 0 Å². The Labute approximate surface area is 167 Å². The number of aromatic nitrogens is 1. The number of hydrogen-bond acceptors (Lipinski definition) is 7. The van der Waals surface area contributed by atoms with Gasteiger partial charge in [0.05, 0.1) is 25.0 Å². The molecule has 0 atom stereocenters. The maximum absolute atomic E-state index is 13.4. The zero-order valence-electron chi connectivity index (χ0n) is 15.3. The predicted octanol–water partition coefficient (Wildman–Crippen LogP) is 3.37. The number of halogens is 5. The largest absolute Gasteiger partial charge is 0.471 e. The molecule has 0 amide bonds. The molecule has 30 heavy (non-hydrogen) atoms. The predicted molar refractivity (Wildman–Crippen MR) is 99.7 cm³/mol. The molecule has 3 rings (SSSR count). The smallest absolute Gasteiger partial charge is 0.387 e. The fraction of sp³-hybridized carbons (Fsp3) is 0.278. The van der Waals surface area contributed by atoms with Crippen LogP contribution in [0.15, 0.2) is 46.5 Å². The van der Waals surface area contributed by atoms with Crippen molar-refractivity contribution in [1.29, 1.82) is 0 Å². The minimum Gasteiger partial charge on any atom is -0.471 e. The van der Waals surface area contributed by atoms with Crippen LogP contribution in [0.1, 0.15) is 0 Å². The van der Waals surface area contributed by atoms with Crippen molar-refractivity contribution in [2.24, 2.45) is 15.9 Å². The quantitative estimate of drug-likeness (QED) is 0.301. The molecule has 0 unspecified atom stereocenters. The number of alkyl halides is 4. The van der Waals surface area contributed by atoms with E-state index in [4.69, 9.17) is 10.6 Å². The Hall–Kier alpha value is -3.44. The molecule has 0 aliphatic carbocycles. The van der Waals surface area contributed by atoms with Gasteiger partial charge in [-0.2, -0.15) is 18.9 Å². The molecule has 2 heterocycles. The lowest BCUT2D eigenvalue weighted by atomic mass is 10.1. The number of benzene rings is 1. The highest BCUT2D eigenvalue weighted by molar-refractivity contribution is 6.31. The summed E-state index contributed by atoms with van der Waals surface area (Å²) in [6, 6.07) is 7.86. The first-order valence-corrected chi connectivity index (χ1v) is 8.53. The second-order valence-electron chi connectivity index (χ2n) is 6.21. The second kappa shape index (κ2) is 8.93. The number of hydrogen-bond donors (Lipinski definition) is 1. The lowest BCUT2D eigenvalue weighted by Crippen LogP contribution is -2.56. The molecular weight excluding hydrogens is 413 g/mol. The zero-order chi connectivity index (χ0) is 21.7. The van der Waals surface area contributed by atoms with Gasteiger partial charge in [0.2, 0.25) is 5.88 Å². The van der Waals surface area contributed by atoms with Crippen LogP contribution in [0, 0.1) is 5.82 Å². The van der Waals surface area contributed by atoms with E-state index >= 15 is 0 Å². The SMILES string of the molecule is NN=C(C=Nc1ccc(F)c(OC(F)F)c1)COc1cccc(N2CC(F)(F)C2)n1. The van der Waals surface area contributed by atoms with Gasteiger partial charge in [0.1, 0.15) is 18.1 Å². The second-order valence-corrected chi connectivity index (χ2v) is 6.21. The van der Waals surface area contributed by atoms with Gasteiger partial charge in [0.25, 0.3) is 5.92 Å². The molecule has 0 radical (unpaired) electrons. The van der Waals surface area contributed by atoms with Gasteiger partial charge in [-0.3, -0.25) is 4.99 Å². The van der Waals surface area contributed by atoms with Gasteiger partial charge in [0.15, 0.2) is 11.6 Å². The van der Waals surface area contributed by atoms with Crippen LogP contribution in [0.2, 0.25) is 0 Å². The number of hydrazone groups is 1. The van der Waals surface area contributed by atoms with Crippen LogP contribution in [0.3, 0.4) is 0 Å². The van der Waals surface area contributed by atoms with Gasteiger partial charge in [-0.25, -0.2) is 13.2 Å². The van der Waals surface area contributed by atoms with E-state index in [1.165, 1.54) is 23.2 Å². The molecule has 1 fully saturated rings. The summed E-state index contributed by atoms with van der Waals surface area (Å²) in [4.78, 5) is 9.50. The van der Waals surface area contributed by atoms with Crippen molar-refractivity contribution in [3.63, 3.8) is 0 Å². The van der Waals surface area contributed by atoms with E-state index < -0.39 is 37.2 Å². The first kappa shape index (κ1) is 21.3. The van der Waals surface area contributed by atoms with Crippen LogP contribution >= 0.6 is 0 Å². The Bertz CT molecular complexity index is 946. The number of pyridine rings is 1. The van der Waals surface area contributed by atoms with E-state index in [2.05, 4.69) is 19.8 Å². The molecule has 1 aliphatic heterocycles. The van der Waals surface area contributed by atoms with Gasteiger partial charge in [-0.1, -0.05) is 6.07 Å². The van der Waals surface area contributed by atoms with Crippen molar-refractivity contribution in [3.05, 3.63) is 42.2 Å². The third-order valence-corrected chi connectivity index (χ3v) is 3.90. The van der Waals surface area contributed by atoms with E-state index in [0.717, 1.165) is 12.1 Å². The molecule has 1 aromatic heterocycles. The summed E-state index contributed by atoms with van der Waals surface area (Å²) < 4.78 is 73.5. The highest BCUT2D eigenvalue weighted by atomic mass is 19.3. The average Bonchev–Trinajstić information content (AvgIpc) is 2.68. The summed E-state index contributed by atoms with van der Waals surface area (Å²) >= 11 is 0. The van der Waals surface area contributed by atoms with Crippen molar-refractivity contribution in [2.45, 2.75) is 12.5 Å². The van der Waals surface area contributed by atoms with Gasteiger partial charge >= 0.3 is 6.61 Å². The summed E-state index contributed by atoms with van der Waals surface area (Å²) in [6.45, 7) is -4.17. The summed E-state index contributed by atoms with van der Waals surface area (Å²) in [6.07, 6.45) is 1.19. The van der Waals surface area contributed by atoms with E-state index in [0.29, 0.717) is 5.82 Å². The van der Waals surface area contributed by atoms with Crippen LogP contribution in [0.5, 0.6) is 11.6 Å². The Morgan fingerprint density at radius 2 is 2.03 bits per heavy atom. The molecule has 0 saturated carbocycles. The monoisotopic (exact) mass is 429 g/mol. The van der Waals surface area contributed by atoms with Crippen molar-refractivity contribution in [2.75, 3.05) is 24.6 Å². The maximum atomic E-state index is 13.4. The standard InChI is InChI=1S/C18H16F5N5O2/c19-13-5-4-11(6-14(13)30-17(20)21)25-7-12(27-24)8-29-16-3-1-2-15(26-16)28-9-18(22,23)10-28/h1-7,17H,8-10,24H2. The average molecular weight is 429 g/mol. The van der Waals surface area contributed by atoms with Crippen LogP contribution in [-0.4, -0.2) is 49.1 Å². The third kappa shape index (κ3) is 5.55. The molecule has 1 aromatic carbocycles. The molecule has 0 spiro atoms. The molecule has 12 heteroatoms. The van der Waals surface area contributed by atoms with E-state index in [1.54, 1.807) is 12.1 Å². The Kier molecular flexibility index (Phi) is 6.33. The zero-order valence-corrected chi connectivity index (χ0v) is 15.3. The topological polar surface area (TPSA) is 85.3 Å². The molecule has 0 bridgehead atoms. The number of rotatable bonds is 8. The molecule has 2 aromatic rings. The van der Waals surface area contributed by atoms with Gasteiger partial charge in [-0.05, 0) is 18.2 Å². The number of anilines is 1. The minimum absolute atomic E-state index is 0.118. The lowest BCUT2D eigenvalue weighted by molar-refractivity contribution is -0.0521. The number of aliphatic imine (C=N–C) groups is 1. The van der Waals surface area contributed by atoms with Crippen molar-refractivity contribution in [1.82, 2.24) is 4.98 Å². The summed E-state index contributed by atoms with van der Waals surface area (Å²) in [7, 11) is 0. The highest BCUT2D eigenvalue weighted by Gasteiger charge is 2.44. The normalized spacial score (nSPS) is 16.1. The molecular formula is C18H16F5N5O2. The summed E-state index contributed by atoms with van der Waals surface area (Å²) in [5, 5.41) is 3.49. The van der Waals surface area contributed by atoms with E-state index in [9.17, 15) is 22.0 Å². The lowest BCUT2D eigenvalue weighted by Gasteiger charge is -2.39. The number of nitrogens with two attached hydrogens (primary N) is 1. The van der Waals surface area contributed by atoms with Gasteiger partial charge in [0, 0.05) is 12.1 Å². The first-order valence-electron chi connectivity index (χ1n) is 8.53.